The van der Waals surface area contributed by atoms with Gasteiger partial charge < -0.3 is 20.3 Å². The van der Waals surface area contributed by atoms with Crippen molar-refractivity contribution in [1.29, 1.82) is 0 Å². The maximum Gasteiger partial charge on any atom is 0.191 e. The van der Waals surface area contributed by atoms with Gasteiger partial charge in [-0.15, -0.1) is 24.0 Å². The Morgan fingerprint density at radius 3 is 2.36 bits per heavy atom. The molecular formula is C19H41IN4O. The van der Waals surface area contributed by atoms with E-state index < -0.39 is 0 Å². The van der Waals surface area contributed by atoms with Crippen molar-refractivity contribution in [3.63, 3.8) is 0 Å². The first-order valence-corrected chi connectivity index (χ1v) is 9.70. The van der Waals surface area contributed by atoms with Crippen LogP contribution >= 0.6 is 24.0 Å². The summed E-state index contributed by atoms with van der Waals surface area (Å²) >= 11 is 0. The summed E-state index contributed by atoms with van der Waals surface area (Å²) in [5.41, 5.74) is 0.0974. The van der Waals surface area contributed by atoms with Crippen molar-refractivity contribution in [3.8, 4) is 0 Å². The molecule has 1 aliphatic heterocycles. The minimum atomic E-state index is 0. The van der Waals surface area contributed by atoms with Gasteiger partial charge in [0.15, 0.2) is 5.96 Å². The Bertz CT molecular complexity index is 363. The number of piperidine rings is 1. The number of unbranched alkanes of at least 4 members (excludes halogenated alkanes) is 1. The van der Waals surface area contributed by atoms with Crippen molar-refractivity contribution in [3.05, 3.63) is 0 Å². The van der Waals surface area contributed by atoms with Gasteiger partial charge in [0.05, 0.1) is 12.6 Å². The van der Waals surface area contributed by atoms with Crippen LogP contribution in [-0.2, 0) is 4.74 Å². The van der Waals surface area contributed by atoms with Gasteiger partial charge in [-0.2, -0.15) is 0 Å². The van der Waals surface area contributed by atoms with E-state index in [4.69, 9.17) is 9.73 Å². The Balaban J connectivity index is 0.00000576. The monoisotopic (exact) mass is 468 g/mol. The first kappa shape index (κ1) is 24.9. The number of hydrogen-bond donors (Lipinski definition) is 2. The molecule has 0 aromatic heterocycles. The second kappa shape index (κ2) is 13.1. The largest absolute Gasteiger partial charge is 0.379 e. The van der Waals surface area contributed by atoms with E-state index in [0.717, 1.165) is 12.5 Å². The van der Waals surface area contributed by atoms with Gasteiger partial charge in [-0.25, -0.2) is 0 Å². The Hall–Kier alpha value is -0.0800. The third-order valence-corrected chi connectivity index (χ3v) is 4.77. The fourth-order valence-electron chi connectivity index (χ4n) is 3.07. The number of likely N-dealkylation sites (tertiary alicyclic amines) is 1. The van der Waals surface area contributed by atoms with Crippen LogP contribution in [0.25, 0.3) is 0 Å². The van der Waals surface area contributed by atoms with Crippen molar-refractivity contribution in [2.45, 2.75) is 72.4 Å². The third kappa shape index (κ3) is 9.99. The van der Waals surface area contributed by atoms with Crippen LogP contribution in [0.3, 0.4) is 0 Å². The normalized spacial score (nSPS) is 18.6. The molecule has 6 heteroatoms. The smallest absolute Gasteiger partial charge is 0.191 e. The Morgan fingerprint density at radius 1 is 1.24 bits per heavy atom. The van der Waals surface area contributed by atoms with Gasteiger partial charge in [0.2, 0.25) is 0 Å². The average molecular weight is 468 g/mol. The van der Waals surface area contributed by atoms with Gasteiger partial charge in [0.25, 0.3) is 0 Å². The zero-order valence-electron chi connectivity index (χ0n) is 17.2. The van der Waals surface area contributed by atoms with Gasteiger partial charge in [-0.05, 0) is 38.1 Å². The lowest BCUT2D eigenvalue weighted by molar-refractivity contribution is 0.0241. The number of guanidine groups is 1. The Morgan fingerprint density at radius 2 is 1.88 bits per heavy atom. The molecule has 1 aliphatic rings. The predicted molar refractivity (Wildman–Crippen MR) is 119 cm³/mol. The van der Waals surface area contributed by atoms with Gasteiger partial charge in [-0.3, -0.25) is 4.99 Å². The molecule has 0 saturated carbocycles. The number of halogens is 1. The molecule has 1 saturated heterocycles. The van der Waals surface area contributed by atoms with E-state index in [9.17, 15) is 0 Å². The molecule has 1 heterocycles. The number of nitrogens with zero attached hydrogens (tertiary/aromatic N) is 2. The number of nitrogens with one attached hydrogen (secondary N) is 2. The Kier molecular flexibility index (Phi) is 13.1. The van der Waals surface area contributed by atoms with Crippen LogP contribution in [0, 0.1) is 5.41 Å². The Labute approximate surface area is 172 Å². The predicted octanol–water partition coefficient (Wildman–Crippen LogP) is 3.49. The number of hydrogen-bond acceptors (Lipinski definition) is 3. The lowest BCUT2D eigenvalue weighted by Gasteiger charge is -2.33. The number of methoxy groups -OCH3 is 1. The van der Waals surface area contributed by atoms with Crippen molar-refractivity contribution in [2.75, 3.05) is 39.8 Å². The molecule has 25 heavy (non-hydrogen) atoms. The molecule has 1 rings (SSSR count). The minimum absolute atomic E-state index is 0. The molecule has 0 radical (unpaired) electrons. The first-order chi connectivity index (χ1) is 11.4. The van der Waals surface area contributed by atoms with Gasteiger partial charge >= 0.3 is 0 Å². The van der Waals surface area contributed by atoms with Crippen LogP contribution < -0.4 is 10.6 Å². The summed E-state index contributed by atoms with van der Waals surface area (Å²) in [4.78, 5) is 7.36. The highest BCUT2D eigenvalue weighted by Gasteiger charge is 2.24. The van der Waals surface area contributed by atoms with Crippen LogP contribution in [0.4, 0.5) is 0 Å². The van der Waals surface area contributed by atoms with E-state index >= 15 is 0 Å². The lowest BCUT2D eigenvalue weighted by atomic mass is 9.89. The van der Waals surface area contributed by atoms with Crippen LogP contribution in [0.2, 0.25) is 0 Å². The molecule has 150 valence electrons. The molecule has 5 nitrogen and oxygen atoms in total. The number of rotatable bonds is 8. The van der Waals surface area contributed by atoms with Gasteiger partial charge in [-0.1, -0.05) is 34.1 Å². The third-order valence-electron chi connectivity index (χ3n) is 4.77. The molecular weight excluding hydrogens is 427 g/mol. The van der Waals surface area contributed by atoms with E-state index in [1.165, 1.54) is 45.3 Å². The van der Waals surface area contributed by atoms with Crippen molar-refractivity contribution < 1.29 is 4.74 Å². The van der Waals surface area contributed by atoms with E-state index in [1.807, 2.05) is 0 Å². The lowest BCUT2D eigenvalue weighted by Crippen LogP contribution is -2.49. The molecule has 0 aromatic rings. The summed E-state index contributed by atoms with van der Waals surface area (Å²) in [5.74, 6) is 0.927. The zero-order chi connectivity index (χ0) is 18.0. The fourth-order valence-corrected chi connectivity index (χ4v) is 3.07. The molecule has 0 spiro atoms. The van der Waals surface area contributed by atoms with E-state index in [0.29, 0.717) is 12.6 Å². The van der Waals surface area contributed by atoms with Crippen LogP contribution in [0.5, 0.6) is 0 Å². The standard InChI is InChI=1S/C19H40N4O.HI/c1-7-9-12-23-13-10-16(11-14-23)22-18(20-8-2)21-15-17(24-6)19(3,4)5;/h16-17H,7-15H2,1-6H3,(H2,20,21,22);1H. The maximum atomic E-state index is 5.62. The highest BCUT2D eigenvalue weighted by molar-refractivity contribution is 14.0. The second-order valence-electron chi connectivity index (χ2n) is 7.92. The van der Waals surface area contributed by atoms with Crippen LogP contribution in [0.15, 0.2) is 4.99 Å². The first-order valence-electron chi connectivity index (χ1n) is 9.70. The number of ether oxygens (including phenoxy) is 1. The van der Waals surface area contributed by atoms with Crippen molar-refractivity contribution >= 4 is 29.9 Å². The van der Waals surface area contributed by atoms with E-state index in [-0.39, 0.29) is 35.5 Å². The van der Waals surface area contributed by atoms with Gasteiger partial charge in [0, 0.05) is 32.8 Å². The summed E-state index contributed by atoms with van der Waals surface area (Å²) in [5, 5.41) is 7.00. The topological polar surface area (TPSA) is 48.9 Å². The van der Waals surface area contributed by atoms with Crippen LogP contribution in [-0.4, -0.2) is 62.8 Å². The fraction of sp³-hybridized carbons (Fsp3) is 0.947. The summed E-state index contributed by atoms with van der Waals surface area (Å²) in [7, 11) is 1.78. The summed E-state index contributed by atoms with van der Waals surface area (Å²) in [6.45, 7) is 16.2. The maximum absolute atomic E-state index is 5.62. The highest BCUT2D eigenvalue weighted by Crippen LogP contribution is 2.21. The average Bonchev–Trinajstić information content (AvgIpc) is 2.53. The molecule has 0 aliphatic carbocycles. The summed E-state index contributed by atoms with van der Waals surface area (Å²) in [6, 6.07) is 0.524. The summed E-state index contributed by atoms with van der Waals surface area (Å²) < 4.78 is 5.62. The zero-order valence-corrected chi connectivity index (χ0v) is 19.6. The molecule has 0 bridgehead atoms. The SMILES string of the molecule is CCCCN1CCC(NC(=NCC(OC)C(C)(C)C)NCC)CC1.I. The summed E-state index contributed by atoms with van der Waals surface area (Å²) in [6.07, 6.45) is 5.11. The van der Waals surface area contributed by atoms with Gasteiger partial charge in [0.1, 0.15) is 0 Å². The molecule has 1 atom stereocenters. The quantitative estimate of drug-likeness (QED) is 0.325. The van der Waals surface area contributed by atoms with Crippen LogP contribution in [0.1, 0.15) is 60.3 Å². The minimum Gasteiger partial charge on any atom is -0.379 e. The van der Waals surface area contributed by atoms with E-state index in [1.54, 1.807) is 7.11 Å². The van der Waals surface area contributed by atoms with E-state index in [2.05, 4.69) is 50.2 Å². The number of aliphatic imine (C=N–C) groups is 1. The molecule has 0 amide bonds. The second-order valence-corrected chi connectivity index (χ2v) is 7.92. The highest BCUT2D eigenvalue weighted by atomic mass is 127. The molecule has 2 N–H and O–H groups in total. The van der Waals surface area contributed by atoms with Crippen molar-refractivity contribution in [2.24, 2.45) is 10.4 Å². The molecule has 1 fully saturated rings. The molecule has 0 aromatic carbocycles. The molecule has 1 unspecified atom stereocenters. The van der Waals surface area contributed by atoms with Crippen molar-refractivity contribution in [1.82, 2.24) is 15.5 Å².